The van der Waals surface area contributed by atoms with Crippen molar-refractivity contribution in [3.05, 3.63) is 23.5 Å². The van der Waals surface area contributed by atoms with Crippen LogP contribution >= 0.6 is 11.6 Å². The van der Waals surface area contributed by atoms with E-state index >= 15 is 0 Å². The Morgan fingerprint density at radius 2 is 2.43 bits per heavy atom. The van der Waals surface area contributed by atoms with Crippen molar-refractivity contribution in [2.45, 2.75) is 13.3 Å². The van der Waals surface area contributed by atoms with Crippen LogP contribution in [0.2, 0.25) is 5.15 Å². The van der Waals surface area contributed by atoms with Crippen molar-refractivity contribution >= 4 is 23.4 Å². The molecular formula is C9H11ClN2O2. The van der Waals surface area contributed by atoms with Gasteiger partial charge >= 0.3 is 6.09 Å². The number of anilines is 1. The zero-order valence-electron chi connectivity index (χ0n) is 7.79. The lowest BCUT2D eigenvalue weighted by atomic mass is 10.4. The Hall–Kier alpha value is -1.29. The summed E-state index contributed by atoms with van der Waals surface area (Å²) in [6.45, 7) is 2.34. The Morgan fingerprint density at radius 3 is 3.00 bits per heavy atom. The van der Waals surface area contributed by atoms with Crippen LogP contribution in [0.15, 0.2) is 18.3 Å². The molecule has 5 heteroatoms. The van der Waals surface area contributed by atoms with Gasteiger partial charge in [0.2, 0.25) is 0 Å². The van der Waals surface area contributed by atoms with Crippen LogP contribution in [0, 0.1) is 0 Å². The topological polar surface area (TPSA) is 51.2 Å². The first kappa shape index (κ1) is 10.8. The molecule has 4 nitrogen and oxygen atoms in total. The molecule has 1 aromatic rings. The van der Waals surface area contributed by atoms with Gasteiger partial charge in [-0.15, -0.1) is 0 Å². The molecule has 1 amide bonds. The molecule has 0 atom stereocenters. The number of nitrogens with zero attached hydrogens (tertiary/aromatic N) is 1. The van der Waals surface area contributed by atoms with E-state index in [0.717, 1.165) is 6.42 Å². The zero-order valence-corrected chi connectivity index (χ0v) is 8.54. The van der Waals surface area contributed by atoms with Gasteiger partial charge in [0, 0.05) is 0 Å². The van der Waals surface area contributed by atoms with Gasteiger partial charge in [-0.25, -0.2) is 9.78 Å². The molecule has 1 N–H and O–H groups in total. The molecule has 1 rings (SSSR count). The minimum atomic E-state index is -0.476. The third kappa shape index (κ3) is 3.62. The van der Waals surface area contributed by atoms with Crippen molar-refractivity contribution in [2.75, 3.05) is 11.9 Å². The van der Waals surface area contributed by atoms with Crippen LogP contribution in [0.3, 0.4) is 0 Å². The Balaban J connectivity index is 2.44. The highest BCUT2D eigenvalue weighted by Crippen LogP contribution is 2.09. The van der Waals surface area contributed by atoms with E-state index in [1.165, 1.54) is 6.20 Å². The highest BCUT2D eigenvalue weighted by Gasteiger charge is 2.01. The summed E-state index contributed by atoms with van der Waals surface area (Å²) >= 11 is 5.58. The molecule has 1 aromatic heterocycles. The van der Waals surface area contributed by atoms with Gasteiger partial charge in [-0.1, -0.05) is 18.5 Å². The number of ether oxygens (including phenoxy) is 1. The van der Waals surface area contributed by atoms with Gasteiger partial charge in [-0.2, -0.15) is 0 Å². The normalized spacial score (nSPS) is 9.57. The minimum absolute atomic E-state index is 0.387. The summed E-state index contributed by atoms with van der Waals surface area (Å²) in [6.07, 6.45) is 1.79. The quantitative estimate of drug-likeness (QED) is 0.788. The molecule has 0 radical (unpaired) electrons. The Kier molecular flexibility index (Phi) is 4.19. The van der Waals surface area contributed by atoms with E-state index < -0.39 is 6.09 Å². The molecule has 76 valence electrons. The van der Waals surface area contributed by atoms with Gasteiger partial charge < -0.3 is 4.74 Å². The highest BCUT2D eigenvalue weighted by molar-refractivity contribution is 6.29. The van der Waals surface area contributed by atoms with Gasteiger partial charge in [-0.3, -0.25) is 5.32 Å². The summed E-state index contributed by atoms with van der Waals surface area (Å²) < 4.78 is 4.81. The van der Waals surface area contributed by atoms with Gasteiger partial charge in [0.15, 0.2) is 0 Å². The second kappa shape index (κ2) is 5.44. The Labute approximate surface area is 87.2 Å². The number of amides is 1. The second-order valence-corrected chi connectivity index (χ2v) is 3.02. The third-order valence-electron chi connectivity index (χ3n) is 1.41. The summed E-state index contributed by atoms with van der Waals surface area (Å²) in [6, 6.07) is 3.25. The number of aromatic nitrogens is 1. The van der Waals surface area contributed by atoms with Crippen molar-refractivity contribution in [1.29, 1.82) is 0 Å². The van der Waals surface area contributed by atoms with E-state index in [9.17, 15) is 4.79 Å². The van der Waals surface area contributed by atoms with Gasteiger partial charge in [-0.05, 0) is 18.6 Å². The molecule has 0 aromatic carbocycles. The molecule has 0 unspecified atom stereocenters. The fraction of sp³-hybridized carbons (Fsp3) is 0.333. The molecular weight excluding hydrogens is 204 g/mol. The molecule has 0 bridgehead atoms. The molecule has 1 heterocycles. The molecule has 0 spiro atoms. The van der Waals surface area contributed by atoms with E-state index in [2.05, 4.69) is 10.3 Å². The van der Waals surface area contributed by atoms with E-state index in [1.54, 1.807) is 12.1 Å². The third-order valence-corrected chi connectivity index (χ3v) is 1.63. The van der Waals surface area contributed by atoms with Crippen LogP contribution in [0.25, 0.3) is 0 Å². The zero-order chi connectivity index (χ0) is 10.4. The van der Waals surface area contributed by atoms with E-state index in [0.29, 0.717) is 17.4 Å². The van der Waals surface area contributed by atoms with Gasteiger partial charge in [0.05, 0.1) is 18.5 Å². The summed E-state index contributed by atoms with van der Waals surface area (Å²) in [4.78, 5) is 14.9. The average molecular weight is 215 g/mol. The number of hydrogen-bond acceptors (Lipinski definition) is 3. The van der Waals surface area contributed by atoms with Crippen LogP contribution in [0.5, 0.6) is 0 Å². The number of nitrogens with one attached hydrogen (secondary N) is 1. The van der Waals surface area contributed by atoms with Crippen LogP contribution in [0.1, 0.15) is 13.3 Å². The largest absolute Gasteiger partial charge is 0.449 e. The second-order valence-electron chi connectivity index (χ2n) is 2.63. The smallest absolute Gasteiger partial charge is 0.411 e. The SMILES string of the molecule is CCCOC(=O)Nc1ccc(Cl)nc1. The molecule has 0 aliphatic rings. The number of pyridine rings is 1. The number of carbonyl (C=O) groups is 1. The van der Waals surface area contributed by atoms with Crippen LogP contribution < -0.4 is 5.32 Å². The van der Waals surface area contributed by atoms with Crippen molar-refractivity contribution in [2.24, 2.45) is 0 Å². The van der Waals surface area contributed by atoms with E-state index in [4.69, 9.17) is 16.3 Å². The number of rotatable bonds is 3. The maximum atomic E-state index is 11.1. The van der Waals surface area contributed by atoms with Crippen molar-refractivity contribution in [1.82, 2.24) is 4.98 Å². The monoisotopic (exact) mass is 214 g/mol. The molecule has 0 aliphatic carbocycles. The summed E-state index contributed by atoms with van der Waals surface area (Å²) in [5.74, 6) is 0. The van der Waals surface area contributed by atoms with Crippen molar-refractivity contribution < 1.29 is 9.53 Å². The lowest BCUT2D eigenvalue weighted by Gasteiger charge is -2.04. The summed E-state index contributed by atoms with van der Waals surface area (Å²) in [7, 11) is 0. The van der Waals surface area contributed by atoms with Crippen LogP contribution in [-0.4, -0.2) is 17.7 Å². The molecule has 0 fully saturated rings. The number of carbonyl (C=O) groups excluding carboxylic acids is 1. The fourth-order valence-corrected chi connectivity index (χ4v) is 0.910. The lowest BCUT2D eigenvalue weighted by molar-refractivity contribution is 0.161. The van der Waals surface area contributed by atoms with Crippen molar-refractivity contribution in [3.8, 4) is 0 Å². The fourth-order valence-electron chi connectivity index (χ4n) is 0.798. The number of hydrogen-bond donors (Lipinski definition) is 1. The van der Waals surface area contributed by atoms with Crippen LogP contribution in [-0.2, 0) is 4.74 Å². The Bertz CT molecular complexity index is 300. The summed E-state index contributed by atoms with van der Waals surface area (Å²) in [5, 5.41) is 2.91. The number of halogens is 1. The average Bonchev–Trinajstić information content (AvgIpc) is 2.18. The first-order valence-corrected chi connectivity index (χ1v) is 4.65. The van der Waals surface area contributed by atoms with Gasteiger partial charge in [0.1, 0.15) is 5.15 Å². The maximum Gasteiger partial charge on any atom is 0.411 e. The standard InChI is InChI=1S/C9H11ClN2O2/c1-2-5-14-9(13)12-7-3-4-8(10)11-6-7/h3-4,6H,2,5H2,1H3,(H,12,13). The molecule has 0 aliphatic heterocycles. The predicted octanol–water partition coefficient (Wildman–Crippen LogP) is 2.69. The molecule has 14 heavy (non-hydrogen) atoms. The predicted molar refractivity (Wildman–Crippen MR) is 54.5 cm³/mol. The minimum Gasteiger partial charge on any atom is -0.449 e. The van der Waals surface area contributed by atoms with Crippen LogP contribution in [0.4, 0.5) is 10.5 Å². The molecule has 0 saturated carbocycles. The lowest BCUT2D eigenvalue weighted by Crippen LogP contribution is -2.14. The first-order valence-electron chi connectivity index (χ1n) is 4.27. The first-order chi connectivity index (χ1) is 6.72. The molecule has 0 saturated heterocycles. The Morgan fingerprint density at radius 1 is 1.64 bits per heavy atom. The van der Waals surface area contributed by atoms with Gasteiger partial charge in [0.25, 0.3) is 0 Å². The highest BCUT2D eigenvalue weighted by atomic mass is 35.5. The maximum absolute atomic E-state index is 11.1. The summed E-state index contributed by atoms with van der Waals surface area (Å²) in [5.41, 5.74) is 0.565. The van der Waals surface area contributed by atoms with E-state index in [-0.39, 0.29) is 0 Å². The van der Waals surface area contributed by atoms with Crippen molar-refractivity contribution in [3.63, 3.8) is 0 Å². The van der Waals surface area contributed by atoms with E-state index in [1.807, 2.05) is 6.92 Å².